The predicted octanol–water partition coefficient (Wildman–Crippen LogP) is 2.97. The Morgan fingerprint density at radius 3 is 2.17 bits per heavy atom. The van der Waals surface area contributed by atoms with Crippen molar-refractivity contribution in [2.45, 2.75) is 45.8 Å². The Hall–Kier alpha value is -1.22. The number of rotatable bonds is 1. The van der Waals surface area contributed by atoms with Gasteiger partial charge in [-0.1, -0.05) is 6.07 Å². The van der Waals surface area contributed by atoms with Crippen LogP contribution in [0, 0.1) is 6.92 Å². The van der Waals surface area contributed by atoms with E-state index >= 15 is 0 Å². The summed E-state index contributed by atoms with van der Waals surface area (Å²) in [7, 11) is 0. The molecule has 1 heterocycles. The van der Waals surface area contributed by atoms with Crippen molar-refractivity contribution in [1.82, 2.24) is 0 Å². The highest BCUT2D eigenvalue weighted by molar-refractivity contribution is 5.68. The summed E-state index contributed by atoms with van der Waals surface area (Å²) in [6, 6.07) is 6.26. The number of nitrogens with zero attached hydrogens (tertiary/aromatic N) is 1. The fraction of sp³-hybridized carbons (Fsp3) is 0.600. The summed E-state index contributed by atoms with van der Waals surface area (Å²) >= 11 is 0. The Bertz CT molecular complexity index is 436. The zero-order chi connectivity index (χ0) is 13.6. The molecule has 0 radical (unpaired) electrons. The number of nitrogens with two attached hydrogens (primary N) is 1. The molecule has 1 saturated heterocycles. The number of nitrogen functional groups attached to an aromatic ring is 1. The normalized spacial score (nSPS) is 21.9. The first-order valence-corrected chi connectivity index (χ1v) is 6.50. The van der Waals surface area contributed by atoms with Crippen molar-refractivity contribution < 1.29 is 4.74 Å². The van der Waals surface area contributed by atoms with Crippen molar-refractivity contribution in [3.05, 3.63) is 23.8 Å². The first kappa shape index (κ1) is 13.2. The lowest BCUT2D eigenvalue weighted by molar-refractivity contribution is -0.133. The number of hydrogen-bond acceptors (Lipinski definition) is 3. The van der Waals surface area contributed by atoms with Crippen molar-refractivity contribution in [3.8, 4) is 0 Å². The molecular formula is C15H24N2O. The molecule has 100 valence electrons. The average molecular weight is 248 g/mol. The second-order valence-corrected chi connectivity index (χ2v) is 6.54. The van der Waals surface area contributed by atoms with Crippen LogP contribution in [0.2, 0.25) is 0 Å². The van der Waals surface area contributed by atoms with Crippen LogP contribution in [0.1, 0.15) is 33.3 Å². The molecule has 0 aromatic heterocycles. The first-order chi connectivity index (χ1) is 8.19. The largest absolute Gasteiger partial charge is 0.397 e. The van der Waals surface area contributed by atoms with E-state index in [1.54, 1.807) is 0 Å². The lowest BCUT2D eigenvalue weighted by Gasteiger charge is -2.48. The molecule has 0 unspecified atom stereocenters. The van der Waals surface area contributed by atoms with Crippen LogP contribution in [0.4, 0.5) is 11.4 Å². The molecular weight excluding hydrogens is 224 g/mol. The third kappa shape index (κ3) is 2.78. The van der Waals surface area contributed by atoms with Crippen molar-refractivity contribution in [2.24, 2.45) is 0 Å². The molecule has 0 spiro atoms. The SMILES string of the molecule is Cc1ccc(N2CC(C)(C)OC(C)(C)C2)c(N)c1. The van der Waals surface area contributed by atoms with Crippen LogP contribution in [0.5, 0.6) is 0 Å². The molecule has 2 N–H and O–H groups in total. The fourth-order valence-corrected chi connectivity index (χ4v) is 2.92. The highest BCUT2D eigenvalue weighted by Gasteiger charge is 2.38. The van der Waals surface area contributed by atoms with Gasteiger partial charge in [0.2, 0.25) is 0 Å². The predicted molar refractivity (Wildman–Crippen MR) is 77.0 cm³/mol. The minimum Gasteiger partial charge on any atom is -0.397 e. The van der Waals surface area contributed by atoms with E-state index in [2.05, 4.69) is 51.7 Å². The van der Waals surface area contributed by atoms with Crippen molar-refractivity contribution in [1.29, 1.82) is 0 Å². The van der Waals surface area contributed by atoms with Crippen LogP contribution < -0.4 is 10.6 Å². The summed E-state index contributed by atoms with van der Waals surface area (Å²) in [5.74, 6) is 0. The summed E-state index contributed by atoms with van der Waals surface area (Å²) in [5, 5.41) is 0. The molecule has 1 aliphatic rings. The standard InChI is InChI=1S/C15H24N2O/c1-11-6-7-13(12(16)8-11)17-9-14(2,3)18-15(4,5)10-17/h6-8H,9-10,16H2,1-5H3. The van der Waals surface area contributed by atoms with Crippen LogP contribution in [0.15, 0.2) is 18.2 Å². The molecule has 0 saturated carbocycles. The van der Waals surface area contributed by atoms with Gasteiger partial charge in [0.15, 0.2) is 0 Å². The minimum atomic E-state index is -0.154. The number of benzene rings is 1. The summed E-state index contributed by atoms with van der Waals surface area (Å²) in [5.41, 5.74) is 9.00. The van der Waals surface area contributed by atoms with Crippen molar-refractivity contribution in [2.75, 3.05) is 23.7 Å². The van der Waals surface area contributed by atoms with Gasteiger partial charge >= 0.3 is 0 Å². The van der Waals surface area contributed by atoms with Crippen molar-refractivity contribution >= 4 is 11.4 Å². The van der Waals surface area contributed by atoms with Crippen LogP contribution >= 0.6 is 0 Å². The van der Waals surface area contributed by atoms with E-state index in [9.17, 15) is 0 Å². The van der Waals surface area contributed by atoms with Gasteiger partial charge in [-0.2, -0.15) is 0 Å². The van der Waals surface area contributed by atoms with Gasteiger partial charge in [0.1, 0.15) is 0 Å². The Morgan fingerprint density at radius 1 is 1.11 bits per heavy atom. The van der Waals surface area contributed by atoms with Crippen LogP contribution in [-0.4, -0.2) is 24.3 Å². The molecule has 0 bridgehead atoms. The van der Waals surface area contributed by atoms with E-state index in [1.165, 1.54) is 5.56 Å². The highest BCUT2D eigenvalue weighted by Crippen LogP contribution is 2.34. The molecule has 0 atom stereocenters. The molecule has 1 aliphatic heterocycles. The number of morpholine rings is 1. The molecule has 0 amide bonds. The third-order valence-electron chi connectivity index (χ3n) is 3.22. The number of ether oxygens (including phenoxy) is 1. The lowest BCUT2D eigenvalue weighted by atomic mass is 9.98. The van der Waals surface area contributed by atoms with Gasteiger partial charge < -0.3 is 15.4 Å². The van der Waals surface area contributed by atoms with Gasteiger partial charge in [0, 0.05) is 13.1 Å². The Morgan fingerprint density at radius 2 is 1.67 bits per heavy atom. The zero-order valence-corrected chi connectivity index (χ0v) is 12.1. The zero-order valence-electron chi connectivity index (χ0n) is 12.1. The summed E-state index contributed by atoms with van der Waals surface area (Å²) in [6.45, 7) is 12.3. The van der Waals surface area contributed by atoms with E-state index in [1.807, 2.05) is 6.07 Å². The van der Waals surface area contributed by atoms with Gasteiger partial charge in [-0.05, 0) is 52.3 Å². The van der Waals surface area contributed by atoms with Gasteiger partial charge in [0.25, 0.3) is 0 Å². The minimum absolute atomic E-state index is 0.154. The number of hydrogen-bond donors (Lipinski definition) is 1. The van der Waals surface area contributed by atoms with Gasteiger partial charge in [-0.3, -0.25) is 0 Å². The van der Waals surface area contributed by atoms with Crippen LogP contribution in [0.3, 0.4) is 0 Å². The molecule has 2 rings (SSSR count). The van der Waals surface area contributed by atoms with Crippen LogP contribution in [0.25, 0.3) is 0 Å². The van der Waals surface area contributed by atoms with Gasteiger partial charge in [0.05, 0.1) is 22.6 Å². The van der Waals surface area contributed by atoms with Crippen LogP contribution in [-0.2, 0) is 4.74 Å². The topological polar surface area (TPSA) is 38.5 Å². The highest BCUT2D eigenvalue weighted by atomic mass is 16.5. The Labute approximate surface area is 110 Å². The fourth-order valence-electron chi connectivity index (χ4n) is 2.92. The molecule has 3 heteroatoms. The Balaban J connectivity index is 2.32. The lowest BCUT2D eigenvalue weighted by Crippen LogP contribution is -2.57. The molecule has 18 heavy (non-hydrogen) atoms. The average Bonchev–Trinajstić information content (AvgIpc) is 2.11. The maximum atomic E-state index is 6.15. The summed E-state index contributed by atoms with van der Waals surface area (Å²) in [6.07, 6.45) is 0. The van der Waals surface area contributed by atoms with E-state index in [4.69, 9.17) is 10.5 Å². The Kier molecular flexibility index (Phi) is 3.06. The van der Waals surface area contributed by atoms with E-state index in [-0.39, 0.29) is 11.2 Å². The maximum Gasteiger partial charge on any atom is 0.0808 e. The van der Waals surface area contributed by atoms with Gasteiger partial charge in [-0.15, -0.1) is 0 Å². The van der Waals surface area contributed by atoms with E-state index < -0.39 is 0 Å². The molecule has 1 fully saturated rings. The van der Waals surface area contributed by atoms with E-state index in [0.29, 0.717) is 0 Å². The third-order valence-corrected chi connectivity index (χ3v) is 3.22. The molecule has 1 aromatic carbocycles. The van der Waals surface area contributed by atoms with E-state index in [0.717, 1.165) is 24.5 Å². The van der Waals surface area contributed by atoms with Gasteiger partial charge in [-0.25, -0.2) is 0 Å². The maximum absolute atomic E-state index is 6.15. The quantitative estimate of drug-likeness (QED) is 0.777. The number of aryl methyl sites for hydroxylation is 1. The monoisotopic (exact) mass is 248 g/mol. The number of anilines is 2. The molecule has 3 nitrogen and oxygen atoms in total. The second-order valence-electron chi connectivity index (χ2n) is 6.54. The molecule has 1 aromatic rings. The molecule has 0 aliphatic carbocycles. The smallest absolute Gasteiger partial charge is 0.0808 e. The summed E-state index contributed by atoms with van der Waals surface area (Å²) < 4.78 is 6.09. The first-order valence-electron chi connectivity index (χ1n) is 6.50. The summed E-state index contributed by atoms with van der Waals surface area (Å²) in [4.78, 5) is 2.33. The second kappa shape index (κ2) is 4.16. The van der Waals surface area contributed by atoms with Crippen molar-refractivity contribution in [3.63, 3.8) is 0 Å².